The Balaban J connectivity index is 2.27. The SMILES string of the molecule is CC1CN(C(=O)c2ncccc2C(=O)O)CC(C)O1. The third-order valence-corrected chi connectivity index (χ3v) is 2.95. The molecule has 0 aliphatic carbocycles. The van der Waals surface area contributed by atoms with E-state index in [1.807, 2.05) is 13.8 Å². The minimum absolute atomic E-state index is 0.0173. The van der Waals surface area contributed by atoms with E-state index in [0.29, 0.717) is 13.1 Å². The molecule has 1 fully saturated rings. The molecule has 102 valence electrons. The lowest BCUT2D eigenvalue weighted by Gasteiger charge is -2.35. The van der Waals surface area contributed by atoms with Gasteiger partial charge in [-0.25, -0.2) is 4.79 Å². The van der Waals surface area contributed by atoms with Crippen molar-refractivity contribution in [1.29, 1.82) is 0 Å². The van der Waals surface area contributed by atoms with Gasteiger partial charge in [0.1, 0.15) is 5.69 Å². The summed E-state index contributed by atoms with van der Waals surface area (Å²) in [6, 6.07) is 2.89. The van der Waals surface area contributed by atoms with Gasteiger partial charge in [-0.15, -0.1) is 0 Å². The van der Waals surface area contributed by atoms with Crippen LogP contribution in [-0.2, 0) is 4.74 Å². The zero-order valence-electron chi connectivity index (χ0n) is 10.9. The van der Waals surface area contributed by atoms with Crippen molar-refractivity contribution in [2.24, 2.45) is 0 Å². The number of carbonyl (C=O) groups is 2. The van der Waals surface area contributed by atoms with Crippen LogP contribution in [0.5, 0.6) is 0 Å². The molecule has 6 heteroatoms. The first-order valence-corrected chi connectivity index (χ1v) is 6.12. The van der Waals surface area contributed by atoms with Crippen LogP contribution >= 0.6 is 0 Å². The maximum absolute atomic E-state index is 12.4. The molecule has 0 saturated carbocycles. The smallest absolute Gasteiger partial charge is 0.338 e. The number of rotatable bonds is 2. The van der Waals surface area contributed by atoms with E-state index in [2.05, 4.69) is 4.98 Å². The van der Waals surface area contributed by atoms with Gasteiger partial charge in [-0.3, -0.25) is 9.78 Å². The summed E-state index contributed by atoms with van der Waals surface area (Å²) in [5, 5.41) is 9.08. The van der Waals surface area contributed by atoms with Crippen LogP contribution in [0.3, 0.4) is 0 Å². The summed E-state index contributed by atoms with van der Waals surface area (Å²) in [7, 11) is 0. The Labute approximate surface area is 111 Å². The molecule has 0 spiro atoms. The summed E-state index contributed by atoms with van der Waals surface area (Å²) in [5.41, 5.74) is -0.0874. The highest BCUT2D eigenvalue weighted by atomic mass is 16.5. The van der Waals surface area contributed by atoms with Crippen molar-refractivity contribution in [3.63, 3.8) is 0 Å². The summed E-state index contributed by atoms with van der Waals surface area (Å²) in [6.45, 7) is 4.65. The van der Waals surface area contributed by atoms with Gasteiger partial charge in [-0.05, 0) is 26.0 Å². The number of hydrogen-bond donors (Lipinski definition) is 1. The van der Waals surface area contributed by atoms with Crippen LogP contribution in [0.1, 0.15) is 34.7 Å². The first-order valence-electron chi connectivity index (χ1n) is 6.12. The summed E-state index contributed by atoms with van der Waals surface area (Å²) in [5.74, 6) is -1.51. The maximum Gasteiger partial charge on any atom is 0.338 e. The van der Waals surface area contributed by atoms with E-state index in [0.717, 1.165) is 0 Å². The summed E-state index contributed by atoms with van der Waals surface area (Å²) >= 11 is 0. The predicted octanol–water partition coefficient (Wildman–Crippen LogP) is 1.03. The largest absolute Gasteiger partial charge is 0.478 e. The minimum atomic E-state index is -1.15. The quantitative estimate of drug-likeness (QED) is 0.863. The van der Waals surface area contributed by atoms with E-state index < -0.39 is 5.97 Å². The number of hydrogen-bond acceptors (Lipinski definition) is 4. The Morgan fingerprint density at radius 2 is 2.00 bits per heavy atom. The summed E-state index contributed by atoms with van der Waals surface area (Å²) in [6.07, 6.45) is 1.29. The van der Waals surface area contributed by atoms with Crippen LogP contribution in [0.15, 0.2) is 18.3 Å². The molecule has 1 N–H and O–H groups in total. The Morgan fingerprint density at radius 3 is 2.58 bits per heavy atom. The second kappa shape index (κ2) is 5.36. The van der Waals surface area contributed by atoms with Crippen molar-refractivity contribution in [3.05, 3.63) is 29.6 Å². The number of aromatic carboxylic acids is 1. The topological polar surface area (TPSA) is 79.7 Å². The first kappa shape index (κ1) is 13.5. The fraction of sp³-hybridized carbons (Fsp3) is 0.462. The molecule has 1 aromatic heterocycles. The minimum Gasteiger partial charge on any atom is -0.478 e. The molecular weight excluding hydrogens is 248 g/mol. The number of carboxylic acids is 1. The second-order valence-corrected chi connectivity index (χ2v) is 4.67. The van der Waals surface area contributed by atoms with Gasteiger partial charge in [0, 0.05) is 19.3 Å². The zero-order chi connectivity index (χ0) is 14.0. The Bertz CT molecular complexity index is 493. The standard InChI is InChI=1S/C13H16N2O4/c1-8-6-15(7-9(2)19-8)12(16)11-10(13(17)18)4-3-5-14-11/h3-5,8-9H,6-7H2,1-2H3,(H,17,18). The van der Waals surface area contributed by atoms with E-state index in [-0.39, 0.29) is 29.4 Å². The van der Waals surface area contributed by atoms with E-state index in [4.69, 9.17) is 9.84 Å². The fourth-order valence-corrected chi connectivity index (χ4v) is 2.24. The molecular formula is C13H16N2O4. The fourth-order valence-electron chi connectivity index (χ4n) is 2.24. The lowest BCUT2D eigenvalue weighted by molar-refractivity contribution is -0.0587. The van der Waals surface area contributed by atoms with Crippen LogP contribution in [0.4, 0.5) is 0 Å². The molecule has 1 aliphatic rings. The van der Waals surface area contributed by atoms with Crippen LogP contribution < -0.4 is 0 Å². The van der Waals surface area contributed by atoms with Crippen LogP contribution in [0.2, 0.25) is 0 Å². The monoisotopic (exact) mass is 264 g/mol. The average molecular weight is 264 g/mol. The highest BCUT2D eigenvalue weighted by Crippen LogP contribution is 2.15. The number of carboxylic acid groups (broad SMARTS) is 1. The number of amides is 1. The lowest BCUT2D eigenvalue weighted by atomic mass is 10.1. The van der Waals surface area contributed by atoms with Crippen LogP contribution in [-0.4, -0.2) is 52.2 Å². The Morgan fingerprint density at radius 1 is 1.37 bits per heavy atom. The average Bonchev–Trinajstić information content (AvgIpc) is 2.36. The van der Waals surface area contributed by atoms with Crippen molar-refractivity contribution in [2.45, 2.75) is 26.1 Å². The molecule has 19 heavy (non-hydrogen) atoms. The molecule has 0 radical (unpaired) electrons. The van der Waals surface area contributed by atoms with E-state index in [1.54, 1.807) is 4.90 Å². The molecule has 2 unspecified atom stereocenters. The van der Waals surface area contributed by atoms with Crippen LogP contribution in [0.25, 0.3) is 0 Å². The van der Waals surface area contributed by atoms with Crippen molar-refractivity contribution in [2.75, 3.05) is 13.1 Å². The molecule has 1 saturated heterocycles. The third-order valence-electron chi connectivity index (χ3n) is 2.95. The first-order chi connectivity index (χ1) is 8.99. The van der Waals surface area contributed by atoms with E-state index in [1.165, 1.54) is 18.3 Å². The number of carbonyl (C=O) groups excluding carboxylic acids is 1. The van der Waals surface area contributed by atoms with Crippen molar-refractivity contribution in [1.82, 2.24) is 9.88 Å². The van der Waals surface area contributed by atoms with Crippen LogP contribution in [0, 0.1) is 0 Å². The van der Waals surface area contributed by atoms with Gasteiger partial charge in [-0.1, -0.05) is 0 Å². The molecule has 2 heterocycles. The lowest BCUT2D eigenvalue weighted by Crippen LogP contribution is -2.48. The van der Waals surface area contributed by atoms with Gasteiger partial charge in [0.2, 0.25) is 0 Å². The predicted molar refractivity (Wildman–Crippen MR) is 67.1 cm³/mol. The second-order valence-electron chi connectivity index (χ2n) is 4.67. The number of aromatic nitrogens is 1. The van der Waals surface area contributed by atoms with Gasteiger partial charge >= 0.3 is 5.97 Å². The normalized spacial score (nSPS) is 23.2. The Kier molecular flexibility index (Phi) is 3.80. The van der Waals surface area contributed by atoms with Crippen molar-refractivity contribution >= 4 is 11.9 Å². The number of ether oxygens (including phenoxy) is 1. The van der Waals surface area contributed by atoms with Crippen molar-refractivity contribution in [3.8, 4) is 0 Å². The van der Waals surface area contributed by atoms with Gasteiger partial charge in [0.25, 0.3) is 5.91 Å². The van der Waals surface area contributed by atoms with Gasteiger partial charge in [-0.2, -0.15) is 0 Å². The molecule has 0 aromatic carbocycles. The highest BCUT2D eigenvalue weighted by Gasteiger charge is 2.29. The van der Waals surface area contributed by atoms with Crippen molar-refractivity contribution < 1.29 is 19.4 Å². The molecule has 1 aromatic rings. The molecule has 1 aliphatic heterocycles. The molecule has 0 bridgehead atoms. The molecule has 2 rings (SSSR count). The molecule has 6 nitrogen and oxygen atoms in total. The van der Waals surface area contributed by atoms with Gasteiger partial charge in [0.05, 0.1) is 17.8 Å². The third kappa shape index (κ3) is 2.90. The Hall–Kier alpha value is -1.95. The summed E-state index contributed by atoms with van der Waals surface area (Å²) < 4.78 is 5.55. The zero-order valence-corrected chi connectivity index (χ0v) is 10.9. The van der Waals surface area contributed by atoms with E-state index >= 15 is 0 Å². The van der Waals surface area contributed by atoms with E-state index in [9.17, 15) is 9.59 Å². The molecule has 1 amide bonds. The number of morpholine rings is 1. The summed E-state index contributed by atoms with van der Waals surface area (Å²) in [4.78, 5) is 29.0. The number of nitrogens with zero attached hydrogens (tertiary/aromatic N) is 2. The maximum atomic E-state index is 12.4. The van der Waals surface area contributed by atoms with Gasteiger partial charge in [0.15, 0.2) is 0 Å². The molecule has 2 atom stereocenters. The number of pyridine rings is 1. The highest BCUT2D eigenvalue weighted by molar-refractivity contribution is 6.03. The van der Waals surface area contributed by atoms with Gasteiger partial charge < -0.3 is 14.7 Å².